The maximum absolute atomic E-state index is 3.76. The van der Waals surface area contributed by atoms with Gasteiger partial charge in [-0.25, -0.2) is 0 Å². The average Bonchev–Trinajstić information content (AvgIpc) is 2.76. The molecular weight excluding hydrogens is 234 g/mol. The molecule has 3 aliphatic rings. The highest BCUT2D eigenvalue weighted by Gasteiger charge is 2.33. The van der Waals surface area contributed by atoms with Gasteiger partial charge >= 0.3 is 0 Å². The smallest absolute Gasteiger partial charge is 0.0113 e. The number of piperazine rings is 1. The highest BCUT2D eigenvalue weighted by atomic mass is 15.3. The summed E-state index contributed by atoms with van der Waals surface area (Å²) in [4.78, 5) is 5.31. The monoisotopic (exact) mass is 265 g/mol. The van der Waals surface area contributed by atoms with Gasteiger partial charge < -0.3 is 10.2 Å². The molecule has 0 saturated carbocycles. The summed E-state index contributed by atoms with van der Waals surface area (Å²) >= 11 is 0. The van der Waals surface area contributed by atoms with E-state index in [1.165, 1.54) is 64.8 Å². The summed E-state index contributed by atoms with van der Waals surface area (Å²) < 4.78 is 0. The van der Waals surface area contributed by atoms with Gasteiger partial charge in [0, 0.05) is 44.3 Å². The van der Waals surface area contributed by atoms with E-state index in [1.807, 2.05) is 0 Å². The van der Waals surface area contributed by atoms with Crippen LogP contribution < -0.4 is 5.32 Å². The lowest BCUT2D eigenvalue weighted by molar-refractivity contribution is 0.101. The van der Waals surface area contributed by atoms with Crippen LogP contribution >= 0.6 is 0 Å². The van der Waals surface area contributed by atoms with E-state index in [-0.39, 0.29) is 0 Å². The molecule has 0 radical (unpaired) electrons. The molecule has 0 aromatic rings. The zero-order valence-electron chi connectivity index (χ0n) is 12.8. The second-order valence-corrected chi connectivity index (χ2v) is 7.24. The Kier molecular flexibility index (Phi) is 4.45. The molecule has 0 aromatic carbocycles. The van der Waals surface area contributed by atoms with E-state index < -0.39 is 0 Å². The fourth-order valence-corrected chi connectivity index (χ4v) is 4.28. The molecule has 3 heterocycles. The lowest BCUT2D eigenvalue weighted by Gasteiger charge is -2.38. The third-order valence-electron chi connectivity index (χ3n) is 5.56. The van der Waals surface area contributed by atoms with Crippen LogP contribution in [0.25, 0.3) is 0 Å². The Morgan fingerprint density at radius 3 is 2.21 bits per heavy atom. The molecular formula is C16H31N3. The number of nitrogens with zero attached hydrogens (tertiary/aromatic N) is 2. The highest BCUT2D eigenvalue weighted by molar-refractivity contribution is 4.92. The van der Waals surface area contributed by atoms with Gasteiger partial charge in [0.15, 0.2) is 0 Å². The number of piperidine rings is 1. The number of hydrogen-bond donors (Lipinski definition) is 1. The summed E-state index contributed by atoms with van der Waals surface area (Å²) in [5.74, 6) is 1.00. The largest absolute Gasteiger partial charge is 0.311 e. The van der Waals surface area contributed by atoms with E-state index >= 15 is 0 Å². The van der Waals surface area contributed by atoms with Crippen molar-refractivity contribution in [3.63, 3.8) is 0 Å². The Hall–Kier alpha value is -0.120. The van der Waals surface area contributed by atoms with Crippen molar-refractivity contribution in [3.8, 4) is 0 Å². The van der Waals surface area contributed by atoms with Crippen LogP contribution in [0.3, 0.4) is 0 Å². The average molecular weight is 265 g/mol. The molecule has 3 saturated heterocycles. The molecule has 19 heavy (non-hydrogen) atoms. The van der Waals surface area contributed by atoms with Crippen molar-refractivity contribution < 1.29 is 0 Å². The first-order valence-electron chi connectivity index (χ1n) is 8.43. The van der Waals surface area contributed by atoms with Crippen LogP contribution in [0.2, 0.25) is 0 Å². The van der Waals surface area contributed by atoms with Crippen molar-refractivity contribution in [1.29, 1.82) is 0 Å². The van der Waals surface area contributed by atoms with E-state index in [0.29, 0.717) is 0 Å². The maximum Gasteiger partial charge on any atom is 0.0113 e. The first-order valence-corrected chi connectivity index (χ1v) is 8.43. The quantitative estimate of drug-likeness (QED) is 0.838. The van der Waals surface area contributed by atoms with Gasteiger partial charge in [0.1, 0.15) is 0 Å². The van der Waals surface area contributed by atoms with E-state index in [9.17, 15) is 0 Å². The minimum absolute atomic E-state index is 0.724. The van der Waals surface area contributed by atoms with Gasteiger partial charge in [0.05, 0.1) is 0 Å². The normalized spacial score (nSPS) is 37.1. The fraction of sp³-hybridized carbons (Fsp3) is 1.00. The molecule has 0 spiro atoms. The second-order valence-electron chi connectivity index (χ2n) is 7.24. The van der Waals surface area contributed by atoms with Crippen molar-refractivity contribution in [2.24, 2.45) is 5.92 Å². The zero-order chi connectivity index (χ0) is 13.2. The van der Waals surface area contributed by atoms with Gasteiger partial charge in [-0.3, -0.25) is 4.90 Å². The number of rotatable bonds is 4. The Morgan fingerprint density at radius 2 is 1.63 bits per heavy atom. The van der Waals surface area contributed by atoms with E-state index in [0.717, 1.165) is 24.0 Å². The molecule has 110 valence electrons. The van der Waals surface area contributed by atoms with E-state index in [4.69, 9.17) is 0 Å². The van der Waals surface area contributed by atoms with E-state index in [2.05, 4.69) is 29.0 Å². The minimum Gasteiger partial charge on any atom is -0.311 e. The molecule has 3 fully saturated rings. The first-order chi connectivity index (χ1) is 9.20. The van der Waals surface area contributed by atoms with Gasteiger partial charge in [0.25, 0.3) is 0 Å². The molecule has 0 aliphatic carbocycles. The van der Waals surface area contributed by atoms with Gasteiger partial charge in [-0.1, -0.05) is 0 Å². The maximum atomic E-state index is 3.76. The van der Waals surface area contributed by atoms with Crippen molar-refractivity contribution in [2.45, 2.75) is 64.1 Å². The van der Waals surface area contributed by atoms with Crippen LogP contribution in [0.4, 0.5) is 0 Å². The Bertz CT molecular complexity index is 272. The molecule has 0 amide bonds. The molecule has 2 unspecified atom stereocenters. The Morgan fingerprint density at radius 1 is 1.00 bits per heavy atom. The number of nitrogens with one attached hydrogen (secondary N) is 1. The van der Waals surface area contributed by atoms with Crippen LogP contribution in [0.5, 0.6) is 0 Å². The summed E-state index contributed by atoms with van der Waals surface area (Å²) in [7, 11) is 0. The summed E-state index contributed by atoms with van der Waals surface area (Å²) in [5.41, 5.74) is 0. The summed E-state index contributed by atoms with van der Waals surface area (Å²) in [6, 6.07) is 2.45. The Balaban J connectivity index is 1.37. The van der Waals surface area contributed by atoms with Gasteiger partial charge in [0.2, 0.25) is 0 Å². The molecule has 3 nitrogen and oxygen atoms in total. The fourth-order valence-electron chi connectivity index (χ4n) is 4.28. The third-order valence-corrected chi connectivity index (χ3v) is 5.56. The van der Waals surface area contributed by atoms with Crippen molar-refractivity contribution in [2.75, 3.05) is 32.7 Å². The van der Waals surface area contributed by atoms with Gasteiger partial charge in [-0.2, -0.15) is 0 Å². The molecule has 1 N–H and O–H groups in total. The summed E-state index contributed by atoms with van der Waals surface area (Å²) in [6.45, 7) is 11.1. The molecule has 3 aliphatic heterocycles. The van der Waals surface area contributed by atoms with Crippen molar-refractivity contribution >= 4 is 0 Å². The zero-order valence-corrected chi connectivity index (χ0v) is 12.8. The summed E-state index contributed by atoms with van der Waals surface area (Å²) in [5, 5.41) is 3.76. The van der Waals surface area contributed by atoms with Crippen LogP contribution in [0.1, 0.15) is 46.0 Å². The SMILES string of the molecule is CC(C)N1CCN(CCC2CC3CCC(C2)N3)CC1. The minimum atomic E-state index is 0.724. The van der Waals surface area contributed by atoms with Crippen LogP contribution in [-0.2, 0) is 0 Å². The number of hydrogen-bond acceptors (Lipinski definition) is 3. The molecule has 2 atom stereocenters. The van der Waals surface area contributed by atoms with Crippen molar-refractivity contribution in [1.82, 2.24) is 15.1 Å². The third kappa shape index (κ3) is 3.50. The van der Waals surface area contributed by atoms with Crippen LogP contribution in [0.15, 0.2) is 0 Å². The first kappa shape index (κ1) is 13.8. The number of fused-ring (bicyclic) bond motifs is 2. The summed E-state index contributed by atoms with van der Waals surface area (Å²) in [6.07, 6.45) is 7.21. The predicted octanol–water partition coefficient (Wildman–Crippen LogP) is 1.93. The van der Waals surface area contributed by atoms with Crippen molar-refractivity contribution in [3.05, 3.63) is 0 Å². The molecule has 3 heteroatoms. The topological polar surface area (TPSA) is 18.5 Å². The molecule has 3 rings (SSSR count). The Labute approximate surface area is 118 Å². The van der Waals surface area contributed by atoms with Gasteiger partial charge in [-0.05, 0) is 58.4 Å². The standard InChI is InChI=1S/C16H31N3/c1-13(2)19-9-7-18(8-10-19)6-5-14-11-15-3-4-16(12-14)17-15/h13-17H,3-12H2,1-2H3. The lowest BCUT2D eigenvalue weighted by Crippen LogP contribution is -2.49. The second kappa shape index (κ2) is 6.11. The molecule has 0 aromatic heterocycles. The van der Waals surface area contributed by atoms with Gasteiger partial charge in [-0.15, -0.1) is 0 Å². The van der Waals surface area contributed by atoms with Crippen LogP contribution in [0, 0.1) is 5.92 Å². The van der Waals surface area contributed by atoms with Crippen LogP contribution in [-0.4, -0.2) is 60.6 Å². The van der Waals surface area contributed by atoms with E-state index in [1.54, 1.807) is 0 Å². The molecule has 2 bridgehead atoms. The predicted molar refractivity (Wildman–Crippen MR) is 80.4 cm³/mol. The highest BCUT2D eigenvalue weighted by Crippen LogP contribution is 2.32. The lowest BCUT2D eigenvalue weighted by atomic mass is 9.89.